The van der Waals surface area contributed by atoms with Crippen LogP contribution < -0.4 is 15.8 Å². The van der Waals surface area contributed by atoms with E-state index < -0.39 is 18.8 Å². The van der Waals surface area contributed by atoms with Gasteiger partial charge in [0.15, 0.2) is 6.61 Å². The standard InChI is InChI=1S/C15H21F3N2O2S.ClH/c1-10(20-14(21)13(19)7-8-23-2)11-3-5-12(6-4-11)22-9-15(16,17)18;/h3-6,10,13H,7-9,19H2,1-2H3,(H,20,21);1H/t10?,13-;/m0./s1. The van der Waals surface area contributed by atoms with Crippen LogP contribution in [0.3, 0.4) is 0 Å². The van der Waals surface area contributed by atoms with Gasteiger partial charge in [-0.1, -0.05) is 12.1 Å². The van der Waals surface area contributed by atoms with E-state index in [-0.39, 0.29) is 30.1 Å². The van der Waals surface area contributed by atoms with E-state index in [0.717, 1.165) is 11.3 Å². The predicted molar refractivity (Wildman–Crippen MR) is 92.8 cm³/mol. The summed E-state index contributed by atoms with van der Waals surface area (Å²) in [6, 6.07) is 5.25. The van der Waals surface area contributed by atoms with Gasteiger partial charge in [-0.05, 0) is 43.0 Å². The molecule has 0 spiro atoms. The second-order valence-electron chi connectivity index (χ2n) is 5.09. The van der Waals surface area contributed by atoms with Gasteiger partial charge in [-0.25, -0.2) is 0 Å². The second-order valence-corrected chi connectivity index (χ2v) is 6.08. The van der Waals surface area contributed by atoms with E-state index >= 15 is 0 Å². The normalized spacial score (nSPS) is 13.6. The Morgan fingerprint density at radius 1 is 1.33 bits per heavy atom. The van der Waals surface area contributed by atoms with Crippen LogP contribution in [0.5, 0.6) is 5.75 Å². The number of hydrogen-bond donors (Lipinski definition) is 2. The molecule has 1 amide bonds. The Morgan fingerprint density at radius 2 is 1.92 bits per heavy atom. The smallest absolute Gasteiger partial charge is 0.422 e. The molecule has 0 heterocycles. The van der Waals surface area contributed by atoms with E-state index in [1.807, 2.05) is 6.26 Å². The number of nitrogens with two attached hydrogens (primary N) is 1. The highest BCUT2D eigenvalue weighted by Gasteiger charge is 2.28. The number of alkyl halides is 3. The Bertz CT molecular complexity index is 500. The maximum absolute atomic E-state index is 12.1. The van der Waals surface area contributed by atoms with Crippen LogP contribution in [-0.2, 0) is 4.79 Å². The molecule has 0 radical (unpaired) electrons. The zero-order chi connectivity index (χ0) is 17.5. The lowest BCUT2D eigenvalue weighted by Crippen LogP contribution is -2.41. The summed E-state index contributed by atoms with van der Waals surface area (Å²) in [6.07, 6.45) is -1.84. The molecule has 0 fully saturated rings. The SMILES string of the molecule is CSCC[C@H](N)C(=O)NC(C)c1ccc(OCC(F)(F)F)cc1.Cl. The minimum atomic E-state index is -4.37. The van der Waals surface area contributed by atoms with Crippen molar-refractivity contribution in [1.29, 1.82) is 0 Å². The van der Waals surface area contributed by atoms with Gasteiger partial charge < -0.3 is 15.8 Å². The molecule has 138 valence electrons. The number of carbonyl (C=O) groups is 1. The molecular weight excluding hydrogens is 365 g/mol. The maximum atomic E-state index is 12.1. The van der Waals surface area contributed by atoms with Crippen molar-refractivity contribution < 1.29 is 22.7 Å². The van der Waals surface area contributed by atoms with Crippen LogP contribution in [0, 0.1) is 0 Å². The fourth-order valence-corrected chi connectivity index (χ4v) is 2.29. The Hall–Kier alpha value is -1.12. The number of benzene rings is 1. The van der Waals surface area contributed by atoms with Gasteiger partial charge in [0.2, 0.25) is 5.91 Å². The quantitative estimate of drug-likeness (QED) is 0.719. The number of carbonyl (C=O) groups excluding carboxylic acids is 1. The molecule has 1 unspecified atom stereocenters. The molecule has 0 aliphatic rings. The van der Waals surface area contributed by atoms with Crippen LogP contribution in [-0.4, -0.2) is 36.7 Å². The van der Waals surface area contributed by atoms with Gasteiger partial charge >= 0.3 is 6.18 Å². The summed E-state index contributed by atoms with van der Waals surface area (Å²) in [4.78, 5) is 11.9. The predicted octanol–water partition coefficient (Wildman–Crippen LogP) is 3.31. The van der Waals surface area contributed by atoms with Crippen molar-refractivity contribution in [2.24, 2.45) is 5.73 Å². The summed E-state index contributed by atoms with van der Waals surface area (Å²) < 4.78 is 40.8. The van der Waals surface area contributed by atoms with E-state index in [4.69, 9.17) is 5.73 Å². The molecule has 1 rings (SSSR count). The fourth-order valence-electron chi connectivity index (χ4n) is 1.80. The number of ether oxygens (including phenoxy) is 1. The average molecular weight is 387 g/mol. The molecule has 1 aromatic carbocycles. The van der Waals surface area contributed by atoms with E-state index in [2.05, 4.69) is 10.1 Å². The third-order valence-corrected chi connectivity index (χ3v) is 3.76. The maximum Gasteiger partial charge on any atom is 0.422 e. The summed E-state index contributed by atoms with van der Waals surface area (Å²) in [6.45, 7) is 0.452. The number of thioether (sulfide) groups is 1. The molecule has 0 bridgehead atoms. The zero-order valence-corrected chi connectivity index (χ0v) is 15.1. The molecule has 1 aromatic rings. The third kappa shape index (κ3) is 8.65. The average Bonchev–Trinajstić information content (AvgIpc) is 2.50. The lowest BCUT2D eigenvalue weighted by molar-refractivity contribution is -0.153. The van der Waals surface area contributed by atoms with Crippen LogP contribution in [0.2, 0.25) is 0 Å². The molecule has 2 atom stereocenters. The Kier molecular flexibility index (Phi) is 10.2. The fraction of sp³-hybridized carbons (Fsp3) is 0.533. The highest BCUT2D eigenvalue weighted by molar-refractivity contribution is 7.98. The largest absolute Gasteiger partial charge is 0.484 e. The van der Waals surface area contributed by atoms with Crippen LogP contribution >= 0.6 is 24.2 Å². The monoisotopic (exact) mass is 386 g/mol. The first-order chi connectivity index (χ1) is 10.7. The lowest BCUT2D eigenvalue weighted by atomic mass is 10.1. The molecule has 9 heteroatoms. The molecule has 0 saturated carbocycles. The highest BCUT2D eigenvalue weighted by Crippen LogP contribution is 2.21. The number of nitrogens with one attached hydrogen (secondary N) is 1. The van der Waals surface area contributed by atoms with Gasteiger partial charge in [-0.15, -0.1) is 12.4 Å². The zero-order valence-electron chi connectivity index (χ0n) is 13.4. The molecule has 0 aliphatic carbocycles. The number of rotatable bonds is 8. The van der Waals surface area contributed by atoms with Crippen LogP contribution in [0.25, 0.3) is 0 Å². The molecule has 0 aromatic heterocycles. The molecule has 24 heavy (non-hydrogen) atoms. The summed E-state index contributed by atoms with van der Waals surface area (Å²) in [7, 11) is 0. The highest BCUT2D eigenvalue weighted by atomic mass is 35.5. The van der Waals surface area contributed by atoms with Crippen molar-refractivity contribution in [2.75, 3.05) is 18.6 Å². The Labute approximate surface area is 150 Å². The van der Waals surface area contributed by atoms with E-state index in [0.29, 0.717) is 6.42 Å². The molecule has 0 aliphatic heterocycles. The first-order valence-electron chi connectivity index (χ1n) is 7.07. The number of hydrogen-bond acceptors (Lipinski definition) is 4. The molecule has 4 nitrogen and oxygen atoms in total. The first kappa shape index (κ1) is 22.9. The number of amides is 1. The van der Waals surface area contributed by atoms with Crippen molar-refractivity contribution in [3.05, 3.63) is 29.8 Å². The van der Waals surface area contributed by atoms with Crippen molar-refractivity contribution in [2.45, 2.75) is 31.6 Å². The molecule has 3 N–H and O–H groups in total. The van der Waals surface area contributed by atoms with Crippen LogP contribution in [0.1, 0.15) is 24.9 Å². The second kappa shape index (κ2) is 10.7. The van der Waals surface area contributed by atoms with Crippen LogP contribution in [0.15, 0.2) is 24.3 Å². The van der Waals surface area contributed by atoms with Gasteiger partial charge in [0.25, 0.3) is 0 Å². The van der Waals surface area contributed by atoms with Gasteiger partial charge in [0.05, 0.1) is 12.1 Å². The Balaban J connectivity index is 0.00000529. The van der Waals surface area contributed by atoms with E-state index in [9.17, 15) is 18.0 Å². The minimum Gasteiger partial charge on any atom is -0.484 e. The van der Waals surface area contributed by atoms with Gasteiger partial charge in [-0.2, -0.15) is 24.9 Å². The van der Waals surface area contributed by atoms with E-state index in [1.165, 1.54) is 12.1 Å². The first-order valence-corrected chi connectivity index (χ1v) is 8.46. The molecular formula is C15H22ClF3N2O2S. The van der Waals surface area contributed by atoms with Gasteiger partial charge in [-0.3, -0.25) is 4.79 Å². The lowest BCUT2D eigenvalue weighted by Gasteiger charge is -2.18. The van der Waals surface area contributed by atoms with Crippen LogP contribution in [0.4, 0.5) is 13.2 Å². The van der Waals surface area contributed by atoms with Crippen molar-refractivity contribution in [1.82, 2.24) is 5.32 Å². The van der Waals surface area contributed by atoms with Crippen molar-refractivity contribution >= 4 is 30.1 Å². The Morgan fingerprint density at radius 3 is 2.42 bits per heavy atom. The van der Waals surface area contributed by atoms with Crippen molar-refractivity contribution in [3.8, 4) is 5.75 Å². The topological polar surface area (TPSA) is 64.4 Å². The van der Waals surface area contributed by atoms with Gasteiger partial charge in [0, 0.05) is 0 Å². The molecule has 0 saturated heterocycles. The summed E-state index contributed by atoms with van der Waals surface area (Å²) in [5, 5.41) is 2.79. The van der Waals surface area contributed by atoms with Gasteiger partial charge in [0.1, 0.15) is 5.75 Å². The summed E-state index contributed by atoms with van der Waals surface area (Å²) >= 11 is 1.62. The number of halogens is 4. The summed E-state index contributed by atoms with van der Waals surface area (Å²) in [5.41, 5.74) is 6.54. The minimum absolute atomic E-state index is 0. The van der Waals surface area contributed by atoms with Crippen molar-refractivity contribution in [3.63, 3.8) is 0 Å². The van der Waals surface area contributed by atoms with E-state index in [1.54, 1.807) is 30.8 Å². The third-order valence-electron chi connectivity index (χ3n) is 3.11. The summed E-state index contributed by atoms with van der Waals surface area (Å²) in [5.74, 6) is 0.680.